The first kappa shape index (κ1) is 13.7. The summed E-state index contributed by atoms with van der Waals surface area (Å²) in [4.78, 5) is 11.7. The lowest BCUT2D eigenvalue weighted by molar-refractivity contribution is 0.442. The van der Waals surface area contributed by atoms with Gasteiger partial charge in [-0.3, -0.25) is 0 Å². The summed E-state index contributed by atoms with van der Waals surface area (Å²) in [5.41, 5.74) is 13.0. The molecule has 4 N–H and O–H groups in total. The van der Waals surface area contributed by atoms with Gasteiger partial charge in [-0.15, -0.1) is 0 Å². The van der Waals surface area contributed by atoms with Crippen LogP contribution in [-0.2, 0) is 0 Å². The Labute approximate surface area is 125 Å². The molecule has 0 aliphatic rings. The third-order valence-electron chi connectivity index (χ3n) is 2.91. The lowest BCUT2D eigenvalue weighted by atomic mass is 10.1. The van der Waals surface area contributed by atoms with Crippen molar-refractivity contribution in [2.75, 3.05) is 11.5 Å². The molecule has 0 saturated heterocycles. The number of halogens is 1. The van der Waals surface area contributed by atoms with Crippen molar-refractivity contribution in [3.05, 3.63) is 54.7 Å². The molecule has 2 aromatic heterocycles. The minimum Gasteiger partial charge on any atom is -0.424 e. The zero-order valence-electron chi connectivity index (χ0n) is 11.4. The predicted octanol–water partition coefficient (Wildman–Crippen LogP) is 2.63. The molecule has 110 valence electrons. The number of pyridine rings is 1. The van der Waals surface area contributed by atoms with Crippen molar-refractivity contribution in [3.63, 3.8) is 0 Å². The Morgan fingerprint density at radius 1 is 0.909 bits per heavy atom. The van der Waals surface area contributed by atoms with Gasteiger partial charge in [0, 0.05) is 5.56 Å². The van der Waals surface area contributed by atoms with Crippen LogP contribution in [0.3, 0.4) is 0 Å². The summed E-state index contributed by atoms with van der Waals surface area (Å²) in [7, 11) is 0. The monoisotopic (exact) mass is 297 g/mol. The SMILES string of the molecule is Nc1cnc(Oc2ccc(-c3cc(F)cnc3N)cc2)nc1. The van der Waals surface area contributed by atoms with Crippen LogP contribution < -0.4 is 16.2 Å². The number of rotatable bonds is 3. The Bertz CT molecular complexity index is 790. The normalized spacial score (nSPS) is 10.4. The van der Waals surface area contributed by atoms with Crippen LogP contribution in [0.15, 0.2) is 48.9 Å². The highest BCUT2D eigenvalue weighted by molar-refractivity contribution is 5.73. The summed E-state index contributed by atoms with van der Waals surface area (Å²) in [5, 5.41) is 0. The molecule has 0 unspecified atom stereocenters. The van der Waals surface area contributed by atoms with Crippen LogP contribution in [0.4, 0.5) is 15.9 Å². The van der Waals surface area contributed by atoms with E-state index in [4.69, 9.17) is 16.2 Å². The number of benzene rings is 1. The number of nitrogens with two attached hydrogens (primary N) is 2. The smallest absolute Gasteiger partial charge is 0.322 e. The maximum atomic E-state index is 13.3. The molecule has 0 amide bonds. The van der Waals surface area contributed by atoms with Gasteiger partial charge in [0.05, 0.1) is 24.3 Å². The van der Waals surface area contributed by atoms with Crippen molar-refractivity contribution in [1.29, 1.82) is 0 Å². The van der Waals surface area contributed by atoms with Crippen LogP contribution >= 0.6 is 0 Å². The first-order chi connectivity index (χ1) is 10.6. The van der Waals surface area contributed by atoms with Crippen LogP contribution in [0, 0.1) is 5.82 Å². The van der Waals surface area contributed by atoms with E-state index in [1.165, 1.54) is 18.5 Å². The van der Waals surface area contributed by atoms with Crippen molar-refractivity contribution in [2.45, 2.75) is 0 Å². The minimum absolute atomic E-state index is 0.189. The number of anilines is 2. The van der Waals surface area contributed by atoms with Gasteiger partial charge in [-0.05, 0) is 23.8 Å². The van der Waals surface area contributed by atoms with Gasteiger partial charge in [0.25, 0.3) is 0 Å². The third-order valence-corrected chi connectivity index (χ3v) is 2.91. The van der Waals surface area contributed by atoms with Gasteiger partial charge in [0.15, 0.2) is 0 Å². The van der Waals surface area contributed by atoms with Gasteiger partial charge < -0.3 is 16.2 Å². The van der Waals surface area contributed by atoms with Crippen LogP contribution in [0.25, 0.3) is 11.1 Å². The Morgan fingerprint density at radius 3 is 2.27 bits per heavy atom. The quantitative estimate of drug-likeness (QED) is 0.770. The Morgan fingerprint density at radius 2 is 1.59 bits per heavy atom. The molecule has 0 fully saturated rings. The second-order valence-corrected chi connectivity index (χ2v) is 4.51. The molecule has 0 spiro atoms. The molecule has 0 aliphatic heterocycles. The summed E-state index contributed by atoms with van der Waals surface area (Å²) in [6.07, 6.45) is 3.99. The predicted molar refractivity (Wildman–Crippen MR) is 80.6 cm³/mol. The molecule has 0 atom stereocenters. The van der Waals surface area contributed by atoms with Gasteiger partial charge in [0.1, 0.15) is 17.4 Å². The Hall–Kier alpha value is -3.22. The van der Waals surface area contributed by atoms with E-state index in [-0.39, 0.29) is 11.8 Å². The highest BCUT2D eigenvalue weighted by Crippen LogP contribution is 2.27. The number of ether oxygens (including phenoxy) is 1. The van der Waals surface area contributed by atoms with Gasteiger partial charge >= 0.3 is 6.01 Å². The standard InChI is InChI=1S/C15H12FN5O/c16-10-5-13(14(18)19-6-10)9-1-3-12(4-2-9)22-15-20-7-11(17)8-21-15/h1-8H,17H2,(H2,18,19). The molecule has 22 heavy (non-hydrogen) atoms. The first-order valence-corrected chi connectivity index (χ1v) is 6.38. The Balaban J connectivity index is 1.83. The molecule has 3 aromatic rings. The molecule has 3 rings (SSSR count). The van der Waals surface area contributed by atoms with E-state index < -0.39 is 5.82 Å². The number of aromatic nitrogens is 3. The molecule has 2 heterocycles. The molecular weight excluding hydrogens is 285 g/mol. The van der Waals surface area contributed by atoms with Crippen LogP contribution in [0.1, 0.15) is 0 Å². The van der Waals surface area contributed by atoms with Crippen molar-refractivity contribution in [2.24, 2.45) is 0 Å². The molecule has 0 radical (unpaired) electrons. The average Bonchev–Trinajstić information content (AvgIpc) is 2.53. The summed E-state index contributed by atoms with van der Waals surface area (Å²) < 4.78 is 18.7. The fourth-order valence-corrected chi connectivity index (χ4v) is 1.87. The molecule has 6 nitrogen and oxygen atoms in total. The second kappa shape index (κ2) is 5.65. The van der Waals surface area contributed by atoms with Gasteiger partial charge in [0.2, 0.25) is 0 Å². The van der Waals surface area contributed by atoms with E-state index >= 15 is 0 Å². The summed E-state index contributed by atoms with van der Waals surface area (Å²) >= 11 is 0. The van der Waals surface area contributed by atoms with Crippen molar-refractivity contribution in [3.8, 4) is 22.9 Å². The van der Waals surface area contributed by atoms with E-state index in [0.29, 0.717) is 17.0 Å². The number of hydrogen-bond acceptors (Lipinski definition) is 6. The summed E-state index contributed by atoms with van der Waals surface area (Å²) in [6, 6.07) is 8.44. The molecule has 0 saturated carbocycles. The largest absolute Gasteiger partial charge is 0.424 e. The maximum Gasteiger partial charge on any atom is 0.322 e. The van der Waals surface area contributed by atoms with Gasteiger partial charge in [-0.1, -0.05) is 12.1 Å². The minimum atomic E-state index is -0.445. The fourth-order valence-electron chi connectivity index (χ4n) is 1.87. The van der Waals surface area contributed by atoms with E-state index in [9.17, 15) is 4.39 Å². The van der Waals surface area contributed by atoms with Crippen LogP contribution in [0.5, 0.6) is 11.8 Å². The fraction of sp³-hybridized carbons (Fsp3) is 0. The Kier molecular flexibility index (Phi) is 3.53. The molecule has 0 bridgehead atoms. The second-order valence-electron chi connectivity index (χ2n) is 4.51. The van der Waals surface area contributed by atoms with Crippen molar-refractivity contribution in [1.82, 2.24) is 15.0 Å². The van der Waals surface area contributed by atoms with Gasteiger partial charge in [-0.2, -0.15) is 0 Å². The van der Waals surface area contributed by atoms with E-state index in [2.05, 4.69) is 15.0 Å². The molecule has 7 heteroatoms. The summed E-state index contributed by atoms with van der Waals surface area (Å²) in [6.45, 7) is 0. The average molecular weight is 297 g/mol. The molecule has 0 aliphatic carbocycles. The summed E-state index contributed by atoms with van der Waals surface area (Å²) in [5.74, 6) is 0.355. The highest BCUT2D eigenvalue weighted by atomic mass is 19.1. The van der Waals surface area contributed by atoms with E-state index in [1.54, 1.807) is 24.3 Å². The third kappa shape index (κ3) is 2.93. The highest BCUT2D eigenvalue weighted by Gasteiger charge is 2.07. The zero-order chi connectivity index (χ0) is 15.5. The van der Waals surface area contributed by atoms with Crippen molar-refractivity contribution >= 4 is 11.5 Å². The maximum absolute atomic E-state index is 13.3. The van der Waals surface area contributed by atoms with E-state index in [0.717, 1.165) is 11.8 Å². The van der Waals surface area contributed by atoms with Crippen molar-refractivity contribution < 1.29 is 9.13 Å². The van der Waals surface area contributed by atoms with E-state index in [1.807, 2.05) is 0 Å². The number of hydrogen-bond donors (Lipinski definition) is 2. The lowest BCUT2D eigenvalue weighted by Crippen LogP contribution is -1.96. The molecular formula is C15H12FN5O. The van der Waals surface area contributed by atoms with Crippen LogP contribution in [0.2, 0.25) is 0 Å². The number of nitrogens with zero attached hydrogens (tertiary/aromatic N) is 3. The van der Waals surface area contributed by atoms with Crippen LogP contribution in [-0.4, -0.2) is 15.0 Å². The lowest BCUT2D eigenvalue weighted by Gasteiger charge is -2.07. The first-order valence-electron chi connectivity index (χ1n) is 6.38. The zero-order valence-corrected chi connectivity index (χ0v) is 11.4. The van der Waals surface area contributed by atoms with Gasteiger partial charge in [-0.25, -0.2) is 19.3 Å². The number of nitrogen functional groups attached to an aromatic ring is 2. The molecule has 1 aromatic carbocycles. The topological polar surface area (TPSA) is 99.9 Å².